The Labute approximate surface area is 101 Å². The molecule has 1 aromatic rings. The number of hydrogen-bond acceptors (Lipinski definition) is 4. The standard InChI is InChI=1S/C13H16N2O2/c1-9(15)12(13(16)17-2)7-10-4-3-5-11(6-10)8-14/h3-6,9,12H,7,15H2,1-2H3/t9-,12-/m1/s1. The number of carbonyl (C=O) groups excluding carboxylic acids is 1. The minimum Gasteiger partial charge on any atom is -0.469 e. The molecule has 0 aliphatic carbocycles. The van der Waals surface area contributed by atoms with E-state index in [2.05, 4.69) is 6.07 Å². The van der Waals surface area contributed by atoms with Crippen molar-refractivity contribution in [3.05, 3.63) is 35.4 Å². The topological polar surface area (TPSA) is 76.1 Å². The zero-order valence-corrected chi connectivity index (χ0v) is 10.0. The van der Waals surface area contributed by atoms with E-state index in [0.29, 0.717) is 12.0 Å². The first-order chi connectivity index (χ1) is 8.08. The second-order valence-corrected chi connectivity index (χ2v) is 4.01. The van der Waals surface area contributed by atoms with Gasteiger partial charge in [0.1, 0.15) is 0 Å². The molecule has 0 heterocycles. The van der Waals surface area contributed by atoms with Gasteiger partial charge in [0, 0.05) is 6.04 Å². The molecule has 90 valence electrons. The third kappa shape index (κ3) is 3.58. The van der Waals surface area contributed by atoms with Crippen LogP contribution in [0.3, 0.4) is 0 Å². The number of esters is 1. The Morgan fingerprint density at radius 3 is 2.82 bits per heavy atom. The molecular weight excluding hydrogens is 216 g/mol. The Bertz CT molecular complexity index is 435. The summed E-state index contributed by atoms with van der Waals surface area (Å²) in [6.07, 6.45) is 0.486. The molecule has 0 saturated heterocycles. The number of carbonyl (C=O) groups is 1. The van der Waals surface area contributed by atoms with E-state index >= 15 is 0 Å². The van der Waals surface area contributed by atoms with Crippen LogP contribution in [0.2, 0.25) is 0 Å². The lowest BCUT2D eigenvalue weighted by atomic mass is 9.93. The summed E-state index contributed by atoms with van der Waals surface area (Å²) >= 11 is 0. The molecule has 0 amide bonds. The van der Waals surface area contributed by atoms with Crippen LogP contribution in [0.25, 0.3) is 0 Å². The number of rotatable bonds is 4. The molecule has 2 N–H and O–H groups in total. The van der Waals surface area contributed by atoms with Gasteiger partial charge in [-0.3, -0.25) is 4.79 Å². The van der Waals surface area contributed by atoms with Crippen LogP contribution >= 0.6 is 0 Å². The fourth-order valence-electron chi connectivity index (χ4n) is 1.66. The van der Waals surface area contributed by atoms with E-state index in [9.17, 15) is 4.79 Å². The molecule has 4 nitrogen and oxygen atoms in total. The summed E-state index contributed by atoms with van der Waals surface area (Å²) in [5.41, 5.74) is 7.26. The third-order valence-corrected chi connectivity index (χ3v) is 2.65. The maximum atomic E-state index is 11.5. The average molecular weight is 232 g/mol. The van der Waals surface area contributed by atoms with Crippen molar-refractivity contribution in [1.29, 1.82) is 5.26 Å². The van der Waals surface area contributed by atoms with Gasteiger partial charge in [0.2, 0.25) is 0 Å². The van der Waals surface area contributed by atoms with Gasteiger partial charge in [-0.15, -0.1) is 0 Å². The van der Waals surface area contributed by atoms with Gasteiger partial charge in [-0.25, -0.2) is 0 Å². The molecule has 0 spiro atoms. The van der Waals surface area contributed by atoms with E-state index in [1.54, 1.807) is 25.1 Å². The monoisotopic (exact) mass is 232 g/mol. The van der Waals surface area contributed by atoms with Crippen molar-refractivity contribution in [2.45, 2.75) is 19.4 Å². The Morgan fingerprint density at radius 2 is 2.29 bits per heavy atom. The van der Waals surface area contributed by atoms with E-state index in [1.807, 2.05) is 6.07 Å². The van der Waals surface area contributed by atoms with Crippen molar-refractivity contribution in [2.24, 2.45) is 11.7 Å². The van der Waals surface area contributed by atoms with Crippen LogP contribution in [0.1, 0.15) is 18.1 Å². The molecule has 0 aliphatic rings. The first kappa shape index (κ1) is 13.2. The smallest absolute Gasteiger partial charge is 0.310 e. The highest BCUT2D eigenvalue weighted by Gasteiger charge is 2.23. The fourth-order valence-corrected chi connectivity index (χ4v) is 1.66. The van der Waals surface area contributed by atoms with E-state index in [1.165, 1.54) is 7.11 Å². The molecule has 2 atom stereocenters. The Balaban J connectivity index is 2.86. The molecule has 0 fully saturated rings. The number of ether oxygens (including phenoxy) is 1. The zero-order chi connectivity index (χ0) is 12.8. The van der Waals surface area contributed by atoms with E-state index in [4.69, 9.17) is 15.7 Å². The highest BCUT2D eigenvalue weighted by Crippen LogP contribution is 2.14. The quantitative estimate of drug-likeness (QED) is 0.792. The van der Waals surface area contributed by atoms with Crippen LogP contribution in [0.15, 0.2) is 24.3 Å². The van der Waals surface area contributed by atoms with Crippen LogP contribution in [0.4, 0.5) is 0 Å². The molecule has 4 heteroatoms. The van der Waals surface area contributed by atoms with Crippen molar-refractivity contribution in [3.63, 3.8) is 0 Å². The van der Waals surface area contributed by atoms with Gasteiger partial charge in [0.15, 0.2) is 0 Å². The zero-order valence-electron chi connectivity index (χ0n) is 10.0. The predicted molar refractivity (Wildman–Crippen MR) is 64.0 cm³/mol. The third-order valence-electron chi connectivity index (χ3n) is 2.65. The van der Waals surface area contributed by atoms with Crippen molar-refractivity contribution < 1.29 is 9.53 Å². The van der Waals surface area contributed by atoms with Crippen LogP contribution < -0.4 is 5.73 Å². The minimum atomic E-state index is -0.381. The van der Waals surface area contributed by atoms with Crippen LogP contribution in [0, 0.1) is 17.2 Å². The molecular formula is C13H16N2O2. The van der Waals surface area contributed by atoms with Crippen LogP contribution in [-0.4, -0.2) is 19.1 Å². The molecule has 1 aromatic carbocycles. The summed E-state index contributed by atoms with van der Waals surface area (Å²) in [7, 11) is 1.35. The van der Waals surface area contributed by atoms with Gasteiger partial charge >= 0.3 is 5.97 Å². The lowest BCUT2D eigenvalue weighted by Gasteiger charge is -2.18. The van der Waals surface area contributed by atoms with Crippen molar-refractivity contribution in [3.8, 4) is 6.07 Å². The molecule has 0 radical (unpaired) electrons. The van der Waals surface area contributed by atoms with Crippen molar-refractivity contribution >= 4 is 5.97 Å². The van der Waals surface area contributed by atoms with Gasteiger partial charge in [0.25, 0.3) is 0 Å². The summed E-state index contributed by atoms with van der Waals surface area (Å²) in [5.74, 6) is -0.698. The molecule has 0 saturated carbocycles. The predicted octanol–water partition coefficient (Wildman–Crippen LogP) is 1.24. The van der Waals surface area contributed by atoms with Gasteiger partial charge in [0.05, 0.1) is 24.7 Å². The number of nitrogens with zero attached hydrogens (tertiary/aromatic N) is 1. The van der Waals surface area contributed by atoms with E-state index in [0.717, 1.165) is 5.56 Å². The molecule has 0 bridgehead atoms. The summed E-state index contributed by atoms with van der Waals surface area (Å²) < 4.78 is 4.72. The first-order valence-electron chi connectivity index (χ1n) is 5.41. The first-order valence-corrected chi connectivity index (χ1v) is 5.41. The molecule has 17 heavy (non-hydrogen) atoms. The summed E-state index contributed by atoms with van der Waals surface area (Å²) in [4.78, 5) is 11.5. The number of nitriles is 1. The summed E-state index contributed by atoms with van der Waals surface area (Å²) in [6.45, 7) is 1.77. The minimum absolute atomic E-state index is 0.284. The van der Waals surface area contributed by atoms with Gasteiger partial charge < -0.3 is 10.5 Å². The number of benzene rings is 1. The highest BCUT2D eigenvalue weighted by molar-refractivity contribution is 5.73. The average Bonchev–Trinajstić information content (AvgIpc) is 2.35. The van der Waals surface area contributed by atoms with Gasteiger partial charge in [-0.2, -0.15) is 5.26 Å². The van der Waals surface area contributed by atoms with Gasteiger partial charge in [-0.1, -0.05) is 12.1 Å². The van der Waals surface area contributed by atoms with Crippen molar-refractivity contribution in [2.75, 3.05) is 7.11 Å². The van der Waals surface area contributed by atoms with Crippen molar-refractivity contribution in [1.82, 2.24) is 0 Å². The number of hydrogen-bond donors (Lipinski definition) is 1. The summed E-state index contributed by atoms with van der Waals surface area (Å²) in [6, 6.07) is 8.94. The molecule has 0 unspecified atom stereocenters. The molecule has 0 aromatic heterocycles. The highest BCUT2D eigenvalue weighted by atomic mass is 16.5. The van der Waals surface area contributed by atoms with Crippen LogP contribution in [0.5, 0.6) is 0 Å². The largest absolute Gasteiger partial charge is 0.469 e. The summed E-state index contributed by atoms with van der Waals surface area (Å²) in [5, 5.41) is 8.79. The fraction of sp³-hybridized carbons (Fsp3) is 0.385. The second-order valence-electron chi connectivity index (χ2n) is 4.01. The molecule has 0 aliphatic heterocycles. The maximum absolute atomic E-state index is 11.5. The number of methoxy groups -OCH3 is 1. The second kappa shape index (κ2) is 6.02. The van der Waals surface area contributed by atoms with E-state index in [-0.39, 0.29) is 17.9 Å². The number of nitrogens with two attached hydrogens (primary N) is 1. The maximum Gasteiger partial charge on any atom is 0.310 e. The lowest BCUT2D eigenvalue weighted by molar-refractivity contribution is -0.146. The lowest BCUT2D eigenvalue weighted by Crippen LogP contribution is -2.35. The van der Waals surface area contributed by atoms with Gasteiger partial charge in [-0.05, 0) is 31.0 Å². The Kier molecular flexibility index (Phi) is 4.68. The SMILES string of the molecule is COC(=O)[C@H](Cc1cccc(C#N)c1)[C@@H](C)N. The Morgan fingerprint density at radius 1 is 1.59 bits per heavy atom. The Hall–Kier alpha value is -1.86. The van der Waals surface area contributed by atoms with Crippen LogP contribution in [-0.2, 0) is 16.0 Å². The van der Waals surface area contributed by atoms with E-state index < -0.39 is 0 Å². The molecule has 1 rings (SSSR count). The normalized spacial score (nSPS) is 13.5.